The molecule has 10 nitrogen and oxygen atoms in total. The minimum atomic E-state index is -0.356. The maximum Gasteiger partial charge on any atom is 0.323 e. The lowest BCUT2D eigenvalue weighted by Gasteiger charge is -2.33. The number of carbonyl (C=O) groups excluding carboxylic acids is 2. The molecule has 0 aliphatic carbocycles. The predicted molar refractivity (Wildman–Crippen MR) is 163 cm³/mol. The second-order valence-electron chi connectivity index (χ2n) is 10.1. The number of amides is 3. The van der Waals surface area contributed by atoms with Gasteiger partial charge < -0.3 is 30.5 Å². The summed E-state index contributed by atoms with van der Waals surface area (Å²) in [5, 5.41) is 11.5. The zero-order chi connectivity index (χ0) is 28.4. The Morgan fingerprint density at radius 1 is 0.878 bits per heavy atom. The fraction of sp³-hybridized carbons (Fsp3) is 0.400. The molecule has 3 heterocycles. The monoisotopic (exact) mass is 578 g/mol. The third kappa shape index (κ3) is 8.26. The van der Waals surface area contributed by atoms with Crippen molar-refractivity contribution in [1.29, 1.82) is 0 Å². The number of ether oxygens (including phenoxy) is 1. The topological polar surface area (TPSA) is 98.4 Å². The van der Waals surface area contributed by atoms with Gasteiger partial charge in [0, 0.05) is 54.2 Å². The van der Waals surface area contributed by atoms with Crippen molar-refractivity contribution < 1.29 is 19.2 Å². The van der Waals surface area contributed by atoms with E-state index in [-0.39, 0.29) is 11.9 Å². The van der Waals surface area contributed by atoms with Gasteiger partial charge in [-0.3, -0.25) is 9.63 Å². The second kappa shape index (κ2) is 14.4. The van der Waals surface area contributed by atoms with E-state index in [2.05, 4.69) is 25.8 Å². The summed E-state index contributed by atoms with van der Waals surface area (Å²) in [4.78, 5) is 36.3. The first-order valence-electron chi connectivity index (χ1n) is 14.1. The highest BCUT2D eigenvalue weighted by molar-refractivity contribution is 8.11. The lowest BCUT2D eigenvalue weighted by molar-refractivity contribution is -0.0456. The molecule has 0 aromatic heterocycles. The molecular formula is C30H38N6O4S. The van der Waals surface area contributed by atoms with Crippen LogP contribution in [0.1, 0.15) is 35.2 Å². The van der Waals surface area contributed by atoms with Crippen molar-refractivity contribution in [3.8, 4) is 0 Å². The van der Waals surface area contributed by atoms with Crippen LogP contribution in [-0.2, 0) is 9.57 Å². The van der Waals surface area contributed by atoms with Crippen LogP contribution in [0.4, 0.5) is 16.2 Å². The van der Waals surface area contributed by atoms with Gasteiger partial charge in [-0.2, -0.15) is 0 Å². The van der Waals surface area contributed by atoms with E-state index >= 15 is 0 Å². The fourth-order valence-electron chi connectivity index (χ4n) is 4.92. The van der Waals surface area contributed by atoms with Crippen LogP contribution in [0.5, 0.6) is 0 Å². The molecule has 3 amide bonds. The molecule has 0 unspecified atom stereocenters. The zero-order valence-corrected chi connectivity index (χ0v) is 24.3. The van der Waals surface area contributed by atoms with Crippen molar-refractivity contribution in [3.05, 3.63) is 77.1 Å². The highest BCUT2D eigenvalue weighted by atomic mass is 32.2. The van der Waals surface area contributed by atoms with Crippen molar-refractivity contribution in [2.75, 3.05) is 70.2 Å². The molecule has 0 atom stereocenters. The van der Waals surface area contributed by atoms with Gasteiger partial charge in [-0.25, -0.2) is 9.86 Å². The molecule has 2 aromatic carbocycles. The van der Waals surface area contributed by atoms with Gasteiger partial charge in [0.1, 0.15) is 0 Å². The van der Waals surface area contributed by atoms with E-state index in [4.69, 9.17) is 9.57 Å². The van der Waals surface area contributed by atoms with Gasteiger partial charge in [-0.15, -0.1) is 0 Å². The first kappa shape index (κ1) is 29.0. The van der Waals surface area contributed by atoms with Gasteiger partial charge in [-0.05, 0) is 67.9 Å². The summed E-state index contributed by atoms with van der Waals surface area (Å²) in [5.74, 6) is -0.106. The summed E-state index contributed by atoms with van der Waals surface area (Å²) in [6.45, 7) is 6.84. The van der Waals surface area contributed by atoms with Gasteiger partial charge in [0.2, 0.25) is 0 Å². The van der Waals surface area contributed by atoms with E-state index in [1.165, 1.54) is 19.3 Å². The van der Waals surface area contributed by atoms with E-state index in [0.29, 0.717) is 36.7 Å². The van der Waals surface area contributed by atoms with E-state index in [1.807, 2.05) is 36.7 Å². The van der Waals surface area contributed by atoms with E-state index in [9.17, 15) is 9.59 Å². The largest absolute Gasteiger partial charge is 0.378 e. The number of piperidine rings is 1. The molecule has 11 heteroatoms. The number of hydroxylamine groups is 2. The Morgan fingerprint density at radius 2 is 1.54 bits per heavy atom. The number of benzene rings is 2. The number of rotatable bonds is 9. The average Bonchev–Trinajstić information content (AvgIpc) is 3.02. The molecule has 2 fully saturated rings. The smallest absolute Gasteiger partial charge is 0.323 e. The third-order valence-corrected chi connectivity index (χ3v) is 8.36. The molecule has 5 rings (SSSR count). The Labute approximate surface area is 245 Å². The maximum absolute atomic E-state index is 12.6. The van der Waals surface area contributed by atoms with Gasteiger partial charge in [0.15, 0.2) is 0 Å². The van der Waals surface area contributed by atoms with Crippen LogP contribution in [0, 0.1) is 0 Å². The normalized spacial score (nSPS) is 17.9. The van der Waals surface area contributed by atoms with Crippen molar-refractivity contribution in [2.45, 2.75) is 19.3 Å². The summed E-state index contributed by atoms with van der Waals surface area (Å²) >= 11 is 1.69. The average molecular weight is 579 g/mol. The van der Waals surface area contributed by atoms with E-state index in [0.717, 1.165) is 48.2 Å². The van der Waals surface area contributed by atoms with Gasteiger partial charge in [0.25, 0.3) is 5.91 Å². The molecule has 3 aliphatic rings. The molecule has 0 spiro atoms. The number of carbonyl (C=O) groups is 2. The first-order chi connectivity index (χ1) is 20.1. The molecule has 2 aromatic rings. The summed E-state index contributed by atoms with van der Waals surface area (Å²) < 4.78 is 5.49. The Kier molecular flexibility index (Phi) is 10.2. The number of hydrogen-bond acceptors (Lipinski definition) is 8. The number of thioether (sulfide) groups is 1. The number of likely N-dealkylation sites (tertiary alicyclic amines) is 1. The summed E-state index contributed by atoms with van der Waals surface area (Å²) in [6.07, 6.45) is 7.70. The van der Waals surface area contributed by atoms with Crippen LogP contribution >= 0.6 is 11.8 Å². The van der Waals surface area contributed by atoms with Crippen LogP contribution < -0.4 is 16.0 Å². The number of nitrogens with one attached hydrogen (secondary N) is 3. The van der Waals surface area contributed by atoms with Gasteiger partial charge in [0.05, 0.1) is 31.6 Å². The lowest BCUT2D eigenvalue weighted by atomic mass is 10.1. The minimum absolute atomic E-state index is 0.106. The molecule has 3 aliphatic heterocycles. The summed E-state index contributed by atoms with van der Waals surface area (Å²) in [5.41, 5.74) is 2.87. The van der Waals surface area contributed by atoms with Gasteiger partial charge in [-0.1, -0.05) is 30.3 Å². The predicted octanol–water partition coefficient (Wildman–Crippen LogP) is 4.59. The molecule has 0 radical (unpaired) electrons. The quantitative estimate of drug-likeness (QED) is 0.398. The Balaban J connectivity index is 1.10. The van der Waals surface area contributed by atoms with Crippen molar-refractivity contribution in [2.24, 2.45) is 0 Å². The standard InChI is InChI=1S/C30H38N6O4S/c1-39-36-21-27(41-28(22-36)35-17-19-40-20-18-35)23-5-9-25(10-6-23)32-30(38)33-26-11-7-24(8-12-26)29(37)31-13-16-34-14-3-2-4-15-34/h5-12,21-22H,2-4,13-20H2,1H3,(H,31,37)(H2,32,33,38). The van der Waals surface area contributed by atoms with Crippen molar-refractivity contribution >= 4 is 40.0 Å². The highest BCUT2D eigenvalue weighted by Crippen LogP contribution is 2.39. The molecule has 0 saturated carbocycles. The molecule has 2 saturated heterocycles. The molecular weight excluding hydrogens is 540 g/mol. The Bertz CT molecular complexity index is 1240. The Morgan fingerprint density at radius 3 is 2.20 bits per heavy atom. The van der Waals surface area contributed by atoms with Gasteiger partial charge >= 0.3 is 6.03 Å². The Hall–Kier alpha value is -3.51. The SMILES string of the molecule is CON1C=C(c2ccc(NC(=O)Nc3ccc(C(=O)NCCN4CCCCC4)cc3)cc2)SC(N2CCOCC2)=C1. The number of hydrogen-bond donors (Lipinski definition) is 3. The van der Waals surface area contributed by atoms with Crippen LogP contribution in [0.15, 0.2) is 66.0 Å². The summed E-state index contributed by atoms with van der Waals surface area (Å²) in [6, 6.07) is 14.2. The number of nitrogens with zero attached hydrogens (tertiary/aromatic N) is 3. The van der Waals surface area contributed by atoms with Crippen molar-refractivity contribution in [3.63, 3.8) is 0 Å². The number of urea groups is 1. The molecule has 41 heavy (non-hydrogen) atoms. The summed E-state index contributed by atoms with van der Waals surface area (Å²) in [7, 11) is 1.64. The lowest BCUT2D eigenvalue weighted by Crippen LogP contribution is -2.37. The minimum Gasteiger partial charge on any atom is -0.378 e. The zero-order valence-electron chi connectivity index (χ0n) is 23.4. The maximum atomic E-state index is 12.6. The van der Waals surface area contributed by atoms with Crippen LogP contribution in [0.25, 0.3) is 4.91 Å². The first-order valence-corrected chi connectivity index (χ1v) is 14.9. The fourth-order valence-corrected chi connectivity index (χ4v) is 6.03. The van der Waals surface area contributed by atoms with Crippen molar-refractivity contribution in [1.82, 2.24) is 20.2 Å². The van der Waals surface area contributed by atoms with E-state index < -0.39 is 0 Å². The molecule has 218 valence electrons. The second-order valence-corrected chi connectivity index (χ2v) is 11.2. The van der Waals surface area contributed by atoms with Crippen LogP contribution in [-0.4, -0.2) is 86.4 Å². The highest BCUT2D eigenvalue weighted by Gasteiger charge is 2.21. The number of morpholine rings is 1. The third-order valence-electron chi connectivity index (χ3n) is 7.22. The van der Waals surface area contributed by atoms with Crippen LogP contribution in [0.3, 0.4) is 0 Å². The molecule has 0 bridgehead atoms. The number of anilines is 2. The molecule has 3 N–H and O–H groups in total. The van der Waals surface area contributed by atoms with Crippen LogP contribution in [0.2, 0.25) is 0 Å². The van der Waals surface area contributed by atoms with E-state index in [1.54, 1.807) is 48.2 Å².